The maximum atomic E-state index is 6.40. The van der Waals surface area contributed by atoms with Gasteiger partial charge in [0.15, 0.2) is 5.58 Å². The number of rotatable bonds is 6. The van der Waals surface area contributed by atoms with Crippen LogP contribution in [-0.2, 0) is 26.5 Å². The Hall–Kier alpha value is -5.59. The number of fused-ring (bicyclic) bond motifs is 7. The van der Waals surface area contributed by atoms with Gasteiger partial charge >= 0.3 is 0 Å². The number of nitrogens with zero attached hydrogens (tertiary/aromatic N) is 3. The van der Waals surface area contributed by atoms with Crippen LogP contribution in [0.25, 0.3) is 83.2 Å². The number of benzene rings is 6. The Balaban J connectivity index is 0.000000165. The van der Waals surface area contributed by atoms with E-state index in [-0.39, 0.29) is 20.1 Å². The van der Waals surface area contributed by atoms with Gasteiger partial charge in [-0.25, -0.2) is 0 Å². The minimum atomic E-state index is -1.35. The van der Waals surface area contributed by atoms with Crippen LogP contribution in [0.5, 0.6) is 0 Å². The van der Waals surface area contributed by atoms with Crippen molar-refractivity contribution in [3.63, 3.8) is 0 Å². The molecule has 1 aliphatic carbocycles. The molecule has 0 bridgehead atoms. The number of pyridine rings is 1. The molecule has 289 valence electrons. The van der Waals surface area contributed by atoms with Crippen molar-refractivity contribution in [2.45, 2.75) is 51.7 Å². The molecule has 0 spiro atoms. The zero-order valence-corrected chi connectivity index (χ0v) is 36.3. The molecule has 1 fully saturated rings. The van der Waals surface area contributed by atoms with Crippen LogP contribution < -0.4 is 5.19 Å². The van der Waals surface area contributed by atoms with E-state index >= 15 is 0 Å². The molecule has 1 radical (unpaired) electrons. The summed E-state index contributed by atoms with van der Waals surface area (Å²) in [6.07, 6.45) is 9.03. The number of hydrogen-bond donors (Lipinski definition) is 0. The average Bonchev–Trinajstić information content (AvgIpc) is 4.05. The van der Waals surface area contributed by atoms with Crippen LogP contribution >= 0.6 is 0 Å². The summed E-state index contributed by atoms with van der Waals surface area (Å²) >= 11 is 0. The second-order valence-corrected chi connectivity index (χ2v) is 21.4. The van der Waals surface area contributed by atoms with Crippen LogP contribution in [0.15, 0.2) is 148 Å². The van der Waals surface area contributed by atoms with Crippen LogP contribution in [-0.4, -0.2) is 22.6 Å². The standard InChI is InChI=1S/C31H17N2O2.C20H26NSi.Ir/c1-5-17-27-19(9-1)21-11-7-13-23(29(21)34-27)31-32-24-14-3-4-15-25(24)33(31)26-16-8-12-22-20-10-2-6-18-28(20)35-30(22)26;1-22(2,3)20-15-21-19(17-11-5-4-6-12-17)14-18(20)13-16-9-7-8-10-16;/h1-12,14-18H;4-6,11,14-16H,7-10,13H2,1-3H3;/q2*-1;. The summed E-state index contributed by atoms with van der Waals surface area (Å²) in [5.74, 6) is 1.65. The molecule has 0 unspecified atom stereocenters. The van der Waals surface area contributed by atoms with Crippen LogP contribution in [0.2, 0.25) is 19.6 Å². The smallest absolute Gasteiger partial charge is 0.158 e. The SMILES string of the molecule is C[Si](C)(C)c1cnc(-c2[c-]cccc2)cc1CC1CCCC1.[Ir].[c-]1ccc2c(oc3ccccc32)c1-c1nc2ccccc2n1-c1cccc2c1oc1ccccc12. The molecule has 1 aliphatic rings. The molecular formula is C51H43IrN3O2Si-2. The maximum Gasteiger partial charge on any atom is 0.158 e. The second-order valence-electron chi connectivity index (χ2n) is 16.3. The molecule has 5 nitrogen and oxygen atoms in total. The molecule has 11 rings (SSSR count). The largest absolute Gasteiger partial charge is 0.501 e. The molecule has 1 saturated carbocycles. The average molecular weight is 950 g/mol. The summed E-state index contributed by atoms with van der Waals surface area (Å²) in [6, 6.07) is 51.9. The van der Waals surface area contributed by atoms with E-state index in [9.17, 15) is 0 Å². The minimum absolute atomic E-state index is 0. The zero-order chi connectivity index (χ0) is 38.5. The quantitative estimate of drug-likeness (QED) is 0.123. The predicted molar refractivity (Wildman–Crippen MR) is 237 cm³/mol. The Bertz CT molecular complexity index is 3060. The number of imidazole rings is 1. The molecule has 0 amide bonds. The molecule has 4 aromatic heterocycles. The number of para-hydroxylation sites is 5. The van der Waals surface area contributed by atoms with Gasteiger partial charge in [-0.15, -0.1) is 54.1 Å². The third-order valence-corrected chi connectivity index (χ3v) is 13.6. The monoisotopic (exact) mass is 950 g/mol. The third kappa shape index (κ3) is 6.91. The normalized spacial score (nSPS) is 13.4. The van der Waals surface area contributed by atoms with Crippen molar-refractivity contribution < 1.29 is 28.9 Å². The molecule has 58 heavy (non-hydrogen) atoms. The van der Waals surface area contributed by atoms with Gasteiger partial charge < -0.3 is 18.4 Å². The first-order valence-corrected chi connectivity index (χ1v) is 23.6. The fourth-order valence-electron chi connectivity index (χ4n) is 8.77. The van der Waals surface area contributed by atoms with Gasteiger partial charge in [0.05, 0.1) is 36.2 Å². The molecule has 4 heterocycles. The topological polar surface area (TPSA) is 57.0 Å². The maximum absolute atomic E-state index is 6.40. The molecule has 7 heteroatoms. The van der Waals surface area contributed by atoms with Crippen molar-refractivity contribution in [3.05, 3.63) is 157 Å². The van der Waals surface area contributed by atoms with E-state index in [1.807, 2.05) is 72.8 Å². The Kier molecular flexibility index (Phi) is 10.2. The number of furan rings is 2. The molecule has 0 saturated heterocycles. The Morgan fingerprint density at radius 3 is 2.10 bits per heavy atom. The van der Waals surface area contributed by atoms with E-state index in [1.54, 1.807) is 10.8 Å². The summed E-state index contributed by atoms with van der Waals surface area (Å²) in [7, 11) is -1.35. The van der Waals surface area contributed by atoms with Crippen molar-refractivity contribution in [1.29, 1.82) is 0 Å². The molecule has 10 aromatic rings. The van der Waals surface area contributed by atoms with E-state index in [1.165, 1.54) is 32.1 Å². The van der Waals surface area contributed by atoms with Crippen molar-refractivity contribution in [2.75, 3.05) is 0 Å². The Morgan fingerprint density at radius 2 is 1.36 bits per heavy atom. The first-order valence-electron chi connectivity index (χ1n) is 20.1. The van der Waals surface area contributed by atoms with Crippen LogP contribution in [0.3, 0.4) is 0 Å². The van der Waals surface area contributed by atoms with E-state index in [0.29, 0.717) is 0 Å². The summed E-state index contributed by atoms with van der Waals surface area (Å²) in [5, 5.41) is 5.85. The predicted octanol–water partition coefficient (Wildman–Crippen LogP) is 13.1. The zero-order valence-electron chi connectivity index (χ0n) is 32.9. The van der Waals surface area contributed by atoms with Gasteiger partial charge in [-0.2, -0.15) is 0 Å². The first-order chi connectivity index (χ1) is 27.9. The van der Waals surface area contributed by atoms with Crippen molar-refractivity contribution in [1.82, 2.24) is 14.5 Å². The molecule has 0 N–H and O–H groups in total. The number of hydrogen-bond acceptors (Lipinski definition) is 4. The summed E-state index contributed by atoms with van der Waals surface area (Å²) in [4.78, 5) is 9.82. The summed E-state index contributed by atoms with van der Waals surface area (Å²) in [6.45, 7) is 7.28. The van der Waals surface area contributed by atoms with Crippen LogP contribution in [0.1, 0.15) is 31.2 Å². The van der Waals surface area contributed by atoms with Crippen molar-refractivity contribution in [3.8, 4) is 28.3 Å². The fourth-order valence-corrected chi connectivity index (χ4v) is 10.4. The van der Waals surface area contributed by atoms with Crippen LogP contribution in [0, 0.1) is 18.1 Å². The molecule has 0 aliphatic heterocycles. The fraction of sp³-hybridized carbons (Fsp3) is 0.176. The molecule has 0 atom stereocenters. The van der Waals surface area contributed by atoms with Crippen LogP contribution in [0.4, 0.5) is 0 Å². The van der Waals surface area contributed by atoms with E-state index in [0.717, 1.165) is 89.2 Å². The minimum Gasteiger partial charge on any atom is -0.501 e. The van der Waals surface area contributed by atoms with Crippen molar-refractivity contribution >= 4 is 68.2 Å². The van der Waals surface area contributed by atoms with E-state index in [2.05, 4.69) is 103 Å². The Morgan fingerprint density at radius 1 is 0.690 bits per heavy atom. The van der Waals surface area contributed by atoms with Gasteiger partial charge in [-0.3, -0.25) is 4.98 Å². The first kappa shape index (κ1) is 38.0. The van der Waals surface area contributed by atoms with E-state index < -0.39 is 8.07 Å². The second kappa shape index (κ2) is 15.6. The molecular weight excluding hydrogens is 907 g/mol. The van der Waals surface area contributed by atoms with Gasteiger partial charge in [0.2, 0.25) is 0 Å². The van der Waals surface area contributed by atoms with Gasteiger partial charge in [0.1, 0.15) is 11.2 Å². The van der Waals surface area contributed by atoms with Gasteiger partial charge in [0.25, 0.3) is 0 Å². The van der Waals surface area contributed by atoms with Gasteiger partial charge in [-0.05, 0) is 53.6 Å². The van der Waals surface area contributed by atoms with Gasteiger partial charge in [0, 0.05) is 42.5 Å². The summed E-state index contributed by atoms with van der Waals surface area (Å²) < 4.78 is 14.9. The van der Waals surface area contributed by atoms with Gasteiger partial charge in [-0.1, -0.05) is 129 Å². The molecule has 6 aromatic carbocycles. The number of aromatic nitrogens is 3. The third-order valence-electron chi connectivity index (χ3n) is 11.5. The van der Waals surface area contributed by atoms with Crippen molar-refractivity contribution in [2.24, 2.45) is 5.92 Å². The van der Waals surface area contributed by atoms with E-state index in [4.69, 9.17) is 18.8 Å². The summed E-state index contributed by atoms with van der Waals surface area (Å²) in [5.41, 5.74) is 10.7. The Labute approximate surface area is 353 Å².